The van der Waals surface area contributed by atoms with E-state index in [4.69, 9.17) is 15.3 Å². The predicted octanol–water partition coefficient (Wildman–Crippen LogP) is 1.73. The Morgan fingerprint density at radius 3 is 2.31 bits per heavy atom. The number of pyridine rings is 1. The largest absolute Gasteiger partial charge is 0.356 e. The Labute approximate surface area is 92.7 Å². The van der Waals surface area contributed by atoms with Crippen LogP contribution in [0, 0.1) is 22.2 Å². The van der Waals surface area contributed by atoms with Gasteiger partial charge in [0.15, 0.2) is 6.20 Å². The van der Waals surface area contributed by atoms with Crippen LogP contribution >= 0.6 is 0 Å². The molecule has 0 saturated heterocycles. The van der Waals surface area contributed by atoms with Crippen LogP contribution in [-0.2, 0) is 7.05 Å². The van der Waals surface area contributed by atoms with Crippen LogP contribution in [0.3, 0.4) is 0 Å². The summed E-state index contributed by atoms with van der Waals surface area (Å²) >= 11 is 0. The van der Waals surface area contributed by atoms with Gasteiger partial charge in [0, 0.05) is 17.0 Å². The van der Waals surface area contributed by atoms with E-state index in [0.29, 0.717) is 0 Å². The molecule has 0 aliphatic rings. The van der Waals surface area contributed by atoms with Crippen molar-refractivity contribution in [1.82, 2.24) is 0 Å². The maximum atomic E-state index is 8.25. The first kappa shape index (κ1) is 11.9. The smallest absolute Gasteiger partial charge is 0.215 e. The number of hydrogen-bond donors (Lipinski definition) is 0. The van der Waals surface area contributed by atoms with E-state index in [1.807, 2.05) is 0 Å². The fraction of sp³-hybridized carbons (Fsp3) is 0.182. The minimum absolute atomic E-state index is 1.31. The molecular weight excluding hydrogens is 208 g/mol. The number of aromatic nitrogens is 1. The lowest BCUT2D eigenvalue weighted by atomic mass is 10.1. The summed E-state index contributed by atoms with van der Waals surface area (Å²) in [5.74, 6) is 0. The van der Waals surface area contributed by atoms with E-state index in [1.165, 1.54) is 16.5 Å². The molecule has 0 bridgehead atoms. The second kappa shape index (κ2) is 5.06. The minimum Gasteiger partial charge on any atom is -0.356 e. The summed E-state index contributed by atoms with van der Waals surface area (Å²) in [4.78, 5) is 8.25. The molecule has 1 aromatic heterocycles. The number of rotatable bonds is 0. The molecule has 84 valence electrons. The average Bonchev–Trinajstić information content (AvgIpc) is 2.17. The maximum Gasteiger partial charge on any atom is 0.215 e. The van der Waals surface area contributed by atoms with Gasteiger partial charge < -0.3 is 15.3 Å². The summed E-state index contributed by atoms with van der Waals surface area (Å²) in [5, 5.41) is 16.1. The molecule has 0 spiro atoms. The van der Waals surface area contributed by atoms with Gasteiger partial charge in [-0.25, -0.2) is 4.57 Å². The second-order valence-corrected chi connectivity index (χ2v) is 3.36. The van der Waals surface area contributed by atoms with E-state index < -0.39 is 5.09 Å². The highest BCUT2D eigenvalue weighted by molar-refractivity contribution is 5.78. The fourth-order valence-electron chi connectivity index (χ4n) is 1.65. The van der Waals surface area contributed by atoms with Gasteiger partial charge in [0.1, 0.15) is 7.05 Å². The monoisotopic (exact) mass is 220 g/mol. The molecule has 0 fully saturated rings. The number of aryl methyl sites for hydroxylation is 2. The van der Waals surface area contributed by atoms with Gasteiger partial charge in [0.05, 0.1) is 5.09 Å². The molecule has 0 radical (unpaired) electrons. The van der Waals surface area contributed by atoms with Gasteiger partial charge in [-0.1, -0.05) is 12.1 Å². The highest BCUT2D eigenvalue weighted by Gasteiger charge is 2.04. The van der Waals surface area contributed by atoms with Crippen LogP contribution in [0.4, 0.5) is 0 Å². The summed E-state index contributed by atoms with van der Waals surface area (Å²) in [6.07, 6.45) is 2.08. The van der Waals surface area contributed by atoms with Gasteiger partial charge in [-0.3, -0.25) is 0 Å². The van der Waals surface area contributed by atoms with Crippen LogP contribution < -0.4 is 4.57 Å². The van der Waals surface area contributed by atoms with Crippen LogP contribution in [0.2, 0.25) is 0 Å². The number of fused-ring (bicyclic) bond motifs is 1. The predicted molar refractivity (Wildman–Crippen MR) is 60.2 cm³/mol. The number of nitrogens with zero attached hydrogens (tertiary/aromatic N) is 2. The third kappa shape index (κ3) is 2.91. The van der Waals surface area contributed by atoms with Gasteiger partial charge in [-0.05, 0) is 19.1 Å². The molecule has 0 unspecified atom stereocenters. The maximum absolute atomic E-state index is 8.25. The van der Waals surface area contributed by atoms with Crippen molar-refractivity contribution in [3.8, 4) is 0 Å². The zero-order chi connectivity index (χ0) is 12.1. The molecule has 5 nitrogen and oxygen atoms in total. The normalized spacial score (nSPS) is 9.38. The highest BCUT2D eigenvalue weighted by atomic mass is 16.9. The molecule has 16 heavy (non-hydrogen) atoms. The number of para-hydroxylation sites is 1. The third-order valence-electron chi connectivity index (χ3n) is 2.21. The van der Waals surface area contributed by atoms with Crippen molar-refractivity contribution < 1.29 is 9.65 Å². The molecule has 2 aromatic rings. The molecule has 5 heteroatoms. The topological polar surface area (TPSA) is 70.1 Å². The zero-order valence-electron chi connectivity index (χ0n) is 9.08. The van der Waals surface area contributed by atoms with Crippen molar-refractivity contribution in [3.05, 3.63) is 57.4 Å². The van der Waals surface area contributed by atoms with Crippen molar-refractivity contribution in [2.24, 2.45) is 7.05 Å². The van der Waals surface area contributed by atoms with Crippen molar-refractivity contribution in [1.29, 1.82) is 0 Å². The van der Waals surface area contributed by atoms with E-state index in [0.717, 1.165) is 0 Å². The Bertz CT molecular complexity index is 471. The van der Waals surface area contributed by atoms with Gasteiger partial charge in [0.2, 0.25) is 5.52 Å². The standard InChI is InChI=1S/C11H12N.NO3/c1-9-5-3-6-10-7-4-8-12(2)11(9)10;2-1(3)4/h3-8H,1-2H3;/q+1;-1. The quantitative estimate of drug-likeness (QED) is 0.385. The van der Waals surface area contributed by atoms with Crippen molar-refractivity contribution in [3.63, 3.8) is 0 Å². The van der Waals surface area contributed by atoms with Gasteiger partial charge >= 0.3 is 0 Å². The number of hydrogen-bond acceptors (Lipinski definition) is 3. The lowest BCUT2D eigenvalue weighted by molar-refractivity contribution is -0.645. The first-order valence-corrected chi connectivity index (χ1v) is 4.68. The Hall–Kier alpha value is -2.17. The fourth-order valence-corrected chi connectivity index (χ4v) is 1.65. The molecule has 0 aliphatic carbocycles. The summed E-state index contributed by atoms with van der Waals surface area (Å²) in [5.41, 5.74) is 2.65. The van der Waals surface area contributed by atoms with E-state index in [2.05, 4.69) is 55.1 Å². The van der Waals surface area contributed by atoms with Crippen molar-refractivity contribution in [2.75, 3.05) is 0 Å². The molecule has 2 rings (SSSR count). The molecule has 1 aromatic carbocycles. The highest BCUT2D eigenvalue weighted by Crippen LogP contribution is 2.12. The van der Waals surface area contributed by atoms with Crippen LogP contribution in [0.15, 0.2) is 36.5 Å². The Morgan fingerprint density at radius 2 is 1.75 bits per heavy atom. The first-order chi connectivity index (χ1) is 7.52. The Morgan fingerprint density at radius 1 is 1.19 bits per heavy atom. The summed E-state index contributed by atoms with van der Waals surface area (Å²) in [7, 11) is 2.08. The summed E-state index contributed by atoms with van der Waals surface area (Å²) in [6, 6.07) is 10.6. The van der Waals surface area contributed by atoms with E-state index in [1.54, 1.807) is 0 Å². The Balaban J connectivity index is 0.000000280. The molecule has 0 N–H and O–H groups in total. The van der Waals surface area contributed by atoms with Gasteiger partial charge in [0.25, 0.3) is 0 Å². The second-order valence-electron chi connectivity index (χ2n) is 3.36. The molecule has 1 heterocycles. The van der Waals surface area contributed by atoms with E-state index in [9.17, 15) is 0 Å². The molecule has 0 aliphatic heterocycles. The minimum atomic E-state index is -1.75. The first-order valence-electron chi connectivity index (χ1n) is 4.68. The van der Waals surface area contributed by atoms with Crippen LogP contribution in [0.5, 0.6) is 0 Å². The van der Waals surface area contributed by atoms with Crippen LogP contribution in [-0.4, -0.2) is 5.09 Å². The number of benzene rings is 1. The SMILES string of the molecule is Cc1cccc2ccc[n+](C)c12.O=[N+]([O-])[O-]. The molecule has 0 saturated carbocycles. The molecule has 0 atom stereocenters. The molecule has 0 amide bonds. The van der Waals surface area contributed by atoms with Crippen LogP contribution in [0.1, 0.15) is 5.56 Å². The lowest BCUT2D eigenvalue weighted by Gasteiger charge is -1.98. The van der Waals surface area contributed by atoms with Crippen molar-refractivity contribution >= 4 is 10.9 Å². The lowest BCUT2D eigenvalue weighted by Crippen LogP contribution is -2.28. The average molecular weight is 220 g/mol. The van der Waals surface area contributed by atoms with E-state index in [-0.39, 0.29) is 0 Å². The molecular formula is C11H12N2O3. The Kier molecular flexibility index (Phi) is 3.77. The summed E-state index contributed by atoms with van der Waals surface area (Å²) in [6.45, 7) is 2.14. The third-order valence-corrected chi connectivity index (χ3v) is 2.21. The van der Waals surface area contributed by atoms with Gasteiger partial charge in [-0.15, -0.1) is 0 Å². The summed E-state index contributed by atoms with van der Waals surface area (Å²) < 4.78 is 2.16. The zero-order valence-corrected chi connectivity index (χ0v) is 9.08. The van der Waals surface area contributed by atoms with E-state index >= 15 is 0 Å². The van der Waals surface area contributed by atoms with Crippen LogP contribution in [0.25, 0.3) is 10.9 Å². The van der Waals surface area contributed by atoms with Gasteiger partial charge in [-0.2, -0.15) is 0 Å². The van der Waals surface area contributed by atoms with Crippen molar-refractivity contribution in [2.45, 2.75) is 6.92 Å².